The van der Waals surface area contributed by atoms with Gasteiger partial charge in [-0.2, -0.15) is 4.39 Å². The van der Waals surface area contributed by atoms with Gasteiger partial charge < -0.3 is 15.0 Å². The van der Waals surface area contributed by atoms with E-state index in [1.165, 1.54) is 12.1 Å². The van der Waals surface area contributed by atoms with Gasteiger partial charge in [0.15, 0.2) is 0 Å². The van der Waals surface area contributed by atoms with Crippen LogP contribution in [-0.4, -0.2) is 34.7 Å². The summed E-state index contributed by atoms with van der Waals surface area (Å²) >= 11 is 0. The second-order valence-electron chi connectivity index (χ2n) is 5.03. The number of hydrogen-bond donors (Lipinski definition) is 1. The number of anilines is 1. The molecule has 0 saturated heterocycles. The van der Waals surface area contributed by atoms with Gasteiger partial charge in [0.05, 0.1) is 0 Å². The lowest BCUT2D eigenvalue weighted by atomic mass is 10.3. The maximum absolute atomic E-state index is 12.7. The molecule has 2 rings (SSSR count). The first-order chi connectivity index (χ1) is 11.1. The number of rotatable bonds is 6. The highest BCUT2D eigenvalue weighted by Gasteiger charge is 2.08. The average molecular weight is 318 g/mol. The molecule has 2 aromatic rings. The minimum Gasteiger partial charge on any atom is -0.438 e. The Hall–Kier alpha value is -2.70. The Morgan fingerprint density at radius 1 is 1.22 bits per heavy atom. The predicted molar refractivity (Wildman–Crippen MR) is 85.1 cm³/mol. The fourth-order valence-corrected chi connectivity index (χ4v) is 1.80. The quantitative estimate of drug-likeness (QED) is 0.882. The normalized spacial score (nSPS) is 10.2. The molecule has 0 unspecified atom stereocenters. The number of unbranched alkanes of at least 4 members (excludes halogenated alkanes) is 1. The summed E-state index contributed by atoms with van der Waals surface area (Å²) in [5.41, 5.74) is 0.663. The van der Waals surface area contributed by atoms with E-state index in [-0.39, 0.29) is 11.9 Å². The van der Waals surface area contributed by atoms with Gasteiger partial charge in [0, 0.05) is 31.4 Å². The van der Waals surface area contributed by atoms with E-state index in [9.17, 15) is 9.18 Å². The molecule has 1 N–H and O–H groups in total. The van der Waals surface area contributed by atoms with Crippen LogP contribution in [-0.2, 0) is 0 Å². The van der Waals surface area contributed by atoms with Gasteiger partial charge in [0.1, 0.15) is 5.75 Å². The van der Waals surface area contributed by atoms with Gasteiger partial charge in [-0.05, 0) is 30.7 Å². The number of benzene rings is 1. The number of halogens is 1. The molecule has 23 heavy (non-hydrogen) atoms. The third kappa shape index (κ3) is 5.21. The maximum Gasteiger partial charge on any atom is 0.321 e. The first kappa shape index (κ1) is 16.7. The van der Waals surface area contributed by atoms with Crippen molar-refractivity contribution in [2.24, 2.45) is 0 Å². The van der Waals surface area contributed by atoms with Crippen molar-refractivity contribution in [2.75, 3.05) is 18.9 Å². The van der Waals surface area contributed by atoms with Gasteiger partial charge in [-0.25, -0.2) is 4.79 Å². The van der Waals surface area contributed by atoms with Gasteiger partial charge in [-0.15, -0.1) is 10.2 Å². The number of aromatic nitrogens is 2. The number of nitrogens with zero attached hydrogens (tertiary/aromatic N) is 3. The Labute approximate surface area is 134 Å². The van der Waals surface area contributed by atoms with E-state index in [0.717, 1.165) is 12.8 Å². The van der Waals surface area contributed by atoms with Crippen molar-refractivity contribution in [3.63, 3.8) is 0 Å². The highest BCUT2D eigenvalue weighted by Crippen LogP contribution is 2.21. The molecule has 0 aliphatic carbocycles. The average Bonchev–Trinajstić information content (AvgIpc) is 2.56. The number of amides is 2. The van der Waals surface area contributed by atoms with Crippen LogP contribution < -0.4 is 10.1 Å². The summed E-state index contributed by atoms with van der Waals surface area (Å²) in [4.78, 5) is 13.6. The highest BCUT2D eigenvalue weighted by molar-refractivity contribution is 5.89. The molecule has 122 valence electrons. The number of carbonyl (C=O) groups excluding carboxylic acids is 1. The first-order valence-corrected chi connectivity index (χ1v) is 7.37. The molecule has 0 saturated carbocycles. The van der Waals surface area contributed by atoms with E-state index in [1.807, 2.05) is 0 Å². The smallest absolute Gasteiger partial charge is 0.321 e. The van der Waals surface area contributed by atoms with Crippen molar-refractivity contribution in [3.8, 4) is 11.6 Å². The van der Waals surface area contributed by atoms with Crippen LogP contribution in [0, 0.1) is 5.95 Å². The molecule has 0 aliphatic heterocycles. The summed E-state index contributed by atoms with van der Waals surface area (Å²) in [6.45, 7) is 2.79. The molecule has 2 amide bonds. The van der Waals surface area contributed by atoms with Crippen molar-refractivity contribution in [1.82, 2.24) is 15.1 Å². The number of urea groups is 1. The van der Waals surface area contributed by atoms with Gasteiger partial charge in [-0.1, -0.05) is 13.3 Å². The van der Waals surface area contributed by atoms with Gasteiger partial charge in [0.2, 0.25) is 11.8 Å². The molecular weight excluding hydrogens is 299 g/mol. The maximum atomic E-state index is 12.7. The second kappa shape index (κ2) is 8.07. The topological polar surface area (TPSA) is 67.4 Å². The van der Waals surface area contributed by atoms with Crippen LogP contribution in [0.4, 0.5) is 14.9 Å². The summed E-state index contributed by atoms with van der Waals surface area (Å²) in [5, 5.41) is 9.65. The second-order valence-corrected chi connectivity index (χ2v) is 5.03. The van der Waals surface area contributed by atoms with E-state index >= 15 is 0 Å². The summed E-state index contributed by atoms with van der Waals surface area (Å²) in [6.07, 6.45) is 2.01. The summed E-state index contributed by atoms with van der Waals surface area (Å²) < 4.78 is 18.1. The van der Waals surface area contributed by atoms with Gasteiger partial charge >= 0.3 is 6.03 Å². The molecule has 1 heterocycles. The molecule has 1 aromatic heterocycles. The number of ether oxygens (including phenoxy) is 1. The molecule has 0 fully saturated rings. The lowest BCUT2D eigenvalue weighted by Gasteiger charge is -2.17. The molecule has 0 aliphatic rings. The molecule has 0 bridgehead atoms. The van der Waals surface area contributed by atoms with Crippen molar-refractivity contribution in [3.05, 3.63) is 42.3 Å². The lowest BCUT2D eigenvalue weighted by molar-refractivity contribution is 0.222. The van der Waals surface area contributed by atoms with Crippen molar-refractivity contribution in [2.45, 2.75) is 19.8 Å². The van der Waals surface area contributed by atoms with Crippen LogP contribution in [0.5, 0.6) is 11.6 Å². The number of nitrogens with one attached hydrogen (secondary N) is 1. The molecule has 0 radical (unpaired) electrons. The first-order valence-electron chi connectivity index (χ1n) is 7.37. The predicted octanol–water partition coefficient (Wildman–Crippen LogP) is 3.67. The van der Waals surface area contributed by atoms with Crippen LogP contribution in [0.3, 0.4) is 0 Å². The van der Waals surface area contributed by atoms with E-state index in [4.69, 9.17) is 4.74 Å². The third-order valence-electron chi connectivity index (χ3n) is 3.13. The standard InChI is InChI=1S/C16H19FN4O2/c1-3-4-11-21(2)16(22)18-12-5-7-13(8-6-12)23-15-10-9-14(17)19-20-15/h5-10H,3-4,11H2,1-2H3,(H,18,22). The SMILES string of the molecule is CCCCN(C)C(=O)Nc1ccc(Oc2ccc(F)nn2)cc1. The van der Waals surface area contributed by atoms with Crippen molar-refractivity contribution in [1.29, 1.82) is 0 Å². The summed E-state index contributed by atoms with van der Waals surface area (Å²) in [7, 11) is 1.76. The highest BCUT2D eigenvalue weighted by atomic mass is 19.1. The van der Waals surface area contributed by atoms with E-state index < -0.39 is 5.95 Å². The van der Waals surface area contributed by atoms with Crippen LogP contribution >= 0.6 is 0 Å². The van der Waals surface area contributed by atoms with Crippen LogP contribution in [0.2, 0.25) is 0 Å². The molecule has 0 spiro atoms. The van der Waals surface area contributed by atoms with Gasteiger partial charge in [-0.3, -0.25) is 0 Å². The molecule has 6 nitrogen and oxygen atoms in total. The Balaban J connectivity index is 1.91. The largest absolute Gasteiger partial charge is 0.438 e. The lowest BCUT2D eigenvalue weighted by Crippen LogP contribution is -2.32. The minimum absolute atomic E-state index is 0.156. The van der Waals surface area contributed by atoms with Crippen LogP contribution in [0.15, 0.2) is 36.4 Å². The zero-order chi connectivity index (χ0) is 16.7. The molecule has 1 aromatic carbocycles. The van der Waals surface area contributed by atoms with Crippen LogP contribution in [0.25, 0.3) is 0 Å². The summed E-state index contributed by atoms with van der Waals surface area (Å²) in [5.74, 6) is 0.0494. The van der Waals surface area contributed by atoms with Crippen molar-refractivity contribution < 1.29 is 13.9 Å². The third-order valence-corrected chi connectivity index (χ3v) is 3.13. The number of hydrogen-bond acceptors (Lipinski definition) is 4. The van der Waals surface area contributed by atoms with E-state index in [2.05, 4.69) is 22.4 Å². The van der Waals surface area contributed by atoms with Crippen molar-refractivity contribution >= 4 is 11.7 Å². The van der Waals surface area contributed by atoms with E-state index in [0.29, 0.717) is 18.0 Å². The van der Waals surface area contributed by atoms with Gasteiger partial charge in [0.25, 0.3) is 0 Å². The summed E-state index contributed by atoms with van der Waals surface area (Å²) in [6, 6.07) is 9.22. The Kier molecular flexibility index (Phi) is 5.85. The molecule has 0 atom stereocenters. The Bertz CT molecular complexity index is 632. The van der Waals surface area contributed by atoms with E-state index in [1.54, 1.807) is 36.2 Å². The Morgan fingerprint density at radius 2 is 1.96 bits per heavy atom. The molecule has 7 heteroatoms. The zero-order valence-corrected chi connectivity index (χ0v) is 13.1. The fourth-order valence-electron chi connectivity index (χ4n) is 1.80. The van der Waals surface area contributed by atoms with Crippen LogP contribution in [0.1, 0.15) is 19.8 Å². The number of carbonyl (C=O) groups is 1. The monoisotopic (exact) mass is 318 g/mol. The fraction of sp³-hybridized carbons (Fsp3) is 0.312. The Morgan fingerprint density at radius 3 is 2.57 bits per heavy atom. The molecular formula is C16H19FN4O2. The minimum atomic E-state index is -0.664. The zero-order valence-electron chi connectivity index (χ0n) is 13.1.